The van der Waals surface area contributed by atoms with Gasteiger partial charge in [-0.1, -0.05) is 48.5 Å². The molecule has 0 fully saturated rings. The second kappa shape index (κ2) is 5.20. The van der Waals surface area contributed by atoms with Crippen molar-refractivity contribution in [3.05, 3.63) is 90.0 Å². The standard InChI is InChI=1S/C21H15N3O2/c25-19-15-10-4-6-12-17(15)23-21(24(19)14-8-2-1-3-9-14)16-11-5-7-13-18(16)22-20(21)26/h1-13,23H,(H,22,26)/t21-/m0/s1. The smallest absolute Gasteiger partial charge is 0.276 e. The Morgan fingerprint density at radius 3 is 2.19 bits per heavy atom. The van der Waals surface area contributed by atoms with Crippen molar-refractivity contribution in [1.82, 2.24) is 0 Å². The lowest BCUT2D eigenvalue weighted by molar-refractivity contribution is -0.119. The Bertz CT molecular complexity index is 1050. The normalized spacial score (nSPS) is 20.4. The number of anilines is 3. The number of hydrogen-bond donors (Lipinski definition) is 2. The number of carbonyl (C=O) groups excluding carboxylic acids is 2. The maximum atomic E-state index is 13.4. The van der Waals surface area contributed by atoms with Crippen LogP contribution in [0.1, 0.15) is 15.9 Å². The third-order valence-electron chi connectivity index (χ3n) is 4.92. The summed E-state index contributed by atoms with van der Waals surface area (Å²) in [5.74, 6) is -0.484. The summed E-state index contributed by atoms with van der Waals surface area (Å²) in [7, 11) is 0. The van der Waals surface area contributed by atoms with Gasteiger partial charge < -0.3 is 10.6 Å². The highest BCUT2D eigenvalue weighted by molar-refractivity contribution is 6.21. The monoisotopic (exact) mass is 341 g/mol. The predicted octanol–water partition coefficient (Wildman–Crippen LogP) is 3.56. The van der Waals surface area contributed by atoms with Gasteiger partial charge in [-0.2, -0.15) is 0 Å². The molecule has 2 aliphatic heterocycles. The molecule has 0 saturated heterocycles. The summed E-state index contributed by atoms with van der Waals surface area (Å²) in [6.45, 7) is 0. The van der Waals surface area contributed by atoms with E-state index in [-0.39, 0.29) is 11.8 Å². The SMILES string of the molecule is O=C1c2ccccc2N[C@]2(C(=O)Nc3ccccc32)N1c1ccccc1. The molecule has 0 radical (unpaired) electrons. The number of amides is 2. The summed E-state index contributed by atoms with van der Waals surface area (Å²) >= 11 is 0. The Balaban J connectivity index is 1.83. The van der Waals surface area contributed by atoms with E-state index >= 15 is 0 Å². The molecular weight excluding hydrogens is 326 g/mol. The molecule has 5 nitrogen and oxygen atoms in total. The lowest BCUT2D eigenvalue weighted by Gasteiger charge is -2.44. The fourth-order valence-electron chi connectivity index (χ4n) is 3.78. The van der Waals surface area contributed by atoms with E-state index in [1.165, 1.54) is 0 Å². The molecule has 0 aromatic heterocycles. The van der Waals surface area contributed by atoms with E-state index in [1.807, 2.05) is 72.8 Å². The zero-order valence-electron chi connectivity index (χ0n) is 13.8. The summed E-state index contributed by atoms with van der Waals surface area (Å²) in [6, 6.07) is 24.0. The van der Waals surface area contributed by atoms with Crippen molar-refractivity contribution in [2.45, 2.75) is 5.66 Å². The Labute approximate surface area is 150 Å². The summed E-state index contributed by atoms with van der Waals surface area (Å²) in [6.07, 6.45) is 0. The molecule has 5 heteroatoms. The van der Waals surface area contributed by atoms with E-state index in [9.17, 15) is 9.59 Å². The Hall–Kier alpha value is -3.60. The van der Waals surface area contributed by atoms with Crippen LogP contribution >= 0.6 is 0 Å². The van der Waals surface area contributed by atoms with Gasteiger partial charge in [0.2, 0.25) is 5.66 Å². The van der Waals surface area contributed by atoms with Crippen LogP contribution in [0.5, 0.6) is 0 Å². The van der Waals surface area contributed by atoms with Gasteiger partial charge >= 0.3 is 0 Å². The van der Waals surface area contributed by atoms with Crippen LogP contribution in [0.3, 0.4) is 0 Å². The van der Waals surface area contributed by atoms with Crippen molar-refractivity contribution in [3.8, 4) is 0 Å². The first-order valence-corrected chi connectivity index (χ1v) is 8.39. The van der Waals surface area contributed by atoms with Crippen LogP contribution in [0.2, 0.25) is 0 Å². The van der Waals surface area contributed by atoms with Crippen LogP contribution in [0.25, 0.3) is 0 Å². The van der Waals surface area contributed by atoms with Crippen LogP contribution in [-0.4, -0.2) is 11.8 Å². The average Bonchev–Trinajstić information content (AvgIpc) is 2.95. The largest absolute Gasteiger partial charge is 0.350 e. The van der Waals surface area contributed by atoms with Gasteiger partial charge in [0.15, 0.2) is 0 Å². The van der Waals surface area contributed by atoms with E-state index in [1.54, 1.807) is 11.0 Å². The first kappa shape index (κ1) is 14.7. The lowest BCUT2D eigenvalue weighted by atomic mass is 9.92. The molecule has 1 atom stereocenters. The number of para-hydroxylation sites is 3. The second-order valence-corrected chi connectivity index (χ2v) is 6.36. The predicted molar refractivity (Wildman–Crippen MR) is 100 cm³/mol. The Morgan fingerprint density at radius 1 is 0.731 bits per heavy atom. The number of nitrogens with zero attached hydrogens (tertiary/aromatic N) is 1. The molecule has 126 valence electrons. The third-order valence-corrected chi connectivity index (χ3v) is 4.92. The number of hydrogen-bond acceptors (Lipinski definition) is 3. The summed E-state index contributed by atoms with van der Waals surface area (Å²) < 4.78 is 0. The van der Waals surface area contributed by atoms with Crippen LogP contribution in [0.15, 0.2) is 78.9 Å². The van der Waals surface area contributed by atoms with Crippen molar-refractivity contribution >= 4 is 28.9 Å². The number of benzene rings is 3. The fraction of sp³-hybridized carbons (Fsp3) is 0.0476. The van der Waals surface area contributed by atoms with Gasteiger partial charge in [0.25, 0.3) is 11.8 Å². The number of rotatable bonds is 1. The molecule has 2 N–H and O–H groups in total. The highest BCUT2D eigenvalue weighted by Crippen LogP contribution is 2.46. The number of nitrogens with one attached hydrogen (secondary N) is 2. The molecule has 0 unspecified atom stereocenters. The van der Waals surface area contributed by atoms with E-state index in [0.717, 1.165) is 5.56 Å². The molecule has 1 spiro atoms. The van der Waals surface area contributed by atoms with Crippen LogP contribution in [0.4, 0.5) is 17.1 Å². The van der Waals surface area contributed by atoms with Gasteiger partial charge in [-0.05, 0) is 30.3 Å². The molecule has 3 aromatic rings. The Kier molecular flexibility index (Phi) is 2.94. The summed E-state index contributed by atoms with van der Waals surface area (Å²) in [5, 5.41) is 6.26. The maximum Gasteiger partial charge on any atom is 0.276 e. The summed E-state index contributed by atoms with van der Waals surface area (Å²) in [5.41, 5.74) is 1.97. The van der Waals surface area contributed by atoms with E-state index in [4.69, 9.17) is 0 Å². The second-order valence-electron chi connectivity index (χ2n) is 6.36. The van der Waals surface area contributed by atoms with Gasteiger partial charge in [0.1, 0.15) is 0 Å². The molecule has 5 rings (SSSR count). The van der Waals surface area contributed by atoms with Gasteiger partial charge in [0.05, 0.1) is 5.56 Å². The molecule has 26 heavy (non-hydrogen) atoms. The fourth-order valence-corrected chi connectivity index (χ4v) is 3.78. The third kappa shape index (κ3) is 1.80. The zero-order valence-corrected chi connectivity index (χ0v) is 13.8. The quantitative estimate of drug-likeness (QED) is 0.711. The first-order valence-electron chi connectivity index (χ1n) is 8.39. The van der Waals surface area contributed by atoms with Crippen molar-refractivity contribution in [3.63, 3.8) is 0 Å². The molecule has 2 heterocycles. The first-order chi connectivity index (χ1) is 12.7. The van der Waals surface area contributed by atoms with Crippen molar-refractivity contribution < 1.29 is 9.59 Å². The molecule has 3 aromatic carbocycles. The van der Waals surface area contributed by atoms with Crippen molar-refractivity contribution in [1.29, 1.82) is 0 Å². The van der Waals surface area contributed by atoms with E-state index < -0.39 is 5.66 Å². The minimum Gasteiger partial charge on any atom is -0.350 e. The topological polar surface area (TPSA) is 61.4 Å². The molecule has 2 aliphatic rings. The molecule has 2 amide bonds. The number of fused-ring (bicyclic) bond motifs is 3. The minimum absolute atomic E-state index is 0.211. The molecule has 0 saturated carbocycles. The van der Waals surface area contributed by atoms with Crippen LogP contribution < -0.4 is 15.5 Å². The summed E-state index contributed by atoms with van der Waals surface area (Å²) in [4.78, 5) is 28.2. The van der Waals surface area contributed by atoms with Crippen LogP contribution in [0, 0.1) is 0 Å². The lowest BCUT2D eigenvalue weighted by Crippen LogP contribution is -2.61. The van der Waals surface area contributed by atoms with Crippen molar-refractivity contribution in [2.75, 3.05) is 15.5 Å². The van der Waals surface area contributed by atoms with Crippen LogP contribution in [-0.2, 0) is 10.5 Å². The zero-order chi connectivity index (χ0) is 17.7. The van der Waals surface area contributed by atoms with E-state index in [2.05, 4.69) is 10.6 Å². The van der Waals surface area contributed by atoms with Crippen molar-refractivity contribution in [2.24, 2.45) is 0 Å². The van der Waals surface area contributed by atoms with Gasteiger partial charge in [-0.25, -0.2) is 0 Å². The minimum atomic E-state index is -1.32. The Morgan fingerprint density at radius 2 is 1.38 bits per heavy atom. The highest BCUT2D eigenvalue weighted by atomic mass is 16.2. The maximum absolute atomic E-state index is 13.4. The molecule has 0 bridgehead atoms. The van der Waals surface area contributed by atoms with Gasteiger partial charge in [-0.15, -0.1) is 0 Å². The van der Waals surface area contributed by atoms with E-state index in [0.29, 0.717) is 22.6 Å². The van der Waals surface area contributed by atoms with Gasteiger partial charge in [0, 0.05) is 22.6 Å². The molecular formula is C21H15N3O2. The van der Waals surface area contributed by atoms with Gasteiger partial charge in [-0.3, -0.25) is 14.5 Å². The number of carbonyl (C=O) groups is 2. The molecule has 0 aliphatic carbocycles. The average molecular weight is 341 g/mol. The highest BCUT2D eigenvalue weighted by Gasteiger charge is 2.56.